The molecule has 164 valence electrons. The number of ether oxygens (including phenoxy) is 3. The summed E-state index contributed by atoms with van der Waals surface area (Å²) in [5, 5.41) is -0.100. The molecule has 0 amide bonds. The Balaban J connectivity index is 1.88. The summed E-state index contributed by atoms with van der Waals surface area (Å²) in [6.07, 6.45) is -0.259. The number of nitrogens with one attached hydrogen (secondary N) is 1. The van der Waals surface area contributed by atoms with Gasteiger partial charge in [0.25, 0.3) is 0 Å². The number of sulfonamides is 1. The molecule has 2 aromatic rings. The molecular formula is C18H17Cl2F2NO6S. The average molecular weight is 484 g/mol. The molecular weight excluding hydrogens is 467 g/mol. The zero-order valence-corrected chi connectivity index (χ0v) is 17.9. The second kappa shape index (κ2) is 10.8. The molecule has 2 aromatic carbocycles. The fourth-order valence-electron chi connectivity index (χ4n) is 2.33. The van der Waals surface area contributed by atoms with E-state index in [1.165, 1.54) is 43.5 Å². The summed E-state index contributed by atoms with van der Waals surface area (Å²) in [6, 6.07) is 8.32. The van der Waals surface area contributed by atoms with Gasteiger partial charge in [-0.15, -0.1) is 0 Å². The number of hydrogen-bond donors (Lipinski definition) is 1. The van der Waals surface area contributed by atoms with Crippen LogP contribution < -0.4 is 14.2 Å². The first-order chi connectivity index (χ1) is 14.1. The Morgan fingerprint density at radius 2 is 1.80 bits per heavy atom. The number of alkyl halides is 2. The fourth-order valence-corrected chi connectivity index (χ4v) is 4.50. The van der Waals surface area contributed by atoms with Gasteiger partial charge < -0.3 is 14.2 Å². The van der Waals surface area contributed by atoms with Gasteiger partial charge >= 0.3 is 12.6 Å². The van der Waals surface area contributed by atoms with Crippen LogP contribution in [-0.4, -0.2) is 34.7 Å². The van der Waals surface area contributed by atoms with E-state index in [0.717, 1.165) is 0 Å². The lowest BCUT2D eigenvalue weighted by Crippen LogP contribution is -2.27. The smallest absolute Gasteiger partial charge is 0.387 e. The third-order valence-electron chi connectivity index (χ3n) is 3.65. The second-order valence-electron chi connectivity index (χ2n) is 5.72. The van der Waals surface area contributed by atoms with E-state index in [4.69, 9.17) is 32.7 Å². The third-order valence-corrected chi connectivity index (χ3v) is 6.07. The highest BCUT2D eigenvalue weighted by atomic mass is 35.5. The van der Waals surface area contributed by atoms with E-state index in [1.54, 1.807) is 0 Å². The molecule has 0 spiro atoms. The topological polar surface area (TPSA) is 90.9 Å². The molecule has 30 heavy (non-hydrogen) atoms. The van der Waals surface area contributed by atoms with E-state index in [0.29, 0.717) is 5.56 Å². The molecule has 12 heteroatoms. The van der Waals surface area contributed by atoms with Gasteiger partial charge in [-0.25, -0.2) is 13.1 Å². The van der Waals surface area contributed by atoms with Crippen LogP contribution in [0, 0.1) is 0 Å². The summed E-state index contributed by atoms with van der Waals surface area (Å²) in [5.41, 5.74) is 0.463. The van der Waals surface area contributed by atoms with Crippen molar-refractivity contribution in [3.63, 3.8) is 0 Å². The zero-order chi connectivity index (χ0) is 22.3. The van der Waals surface area contributed by atoms with E-state index in [9.17, 15) is 22.0 Å². The summed E-state index contributed by atoms with van der Waals surface area (Å²) in [4.78, 5) is 11.6. The zero-order valence-electron chi connectivity index (χ0n) is 15.5. The Morgan fingerprint density at radius 1 is 1.13 bits per heavy atom. The molecule has 0 heterocycles. The van der Waals surface area contributed by atoms with Gasteiger partial charge in [-0.1, -0.05) is 35.3 Å². The number of methoxy groups -OCH3 is 1. The lowest BCUT2D eigenvalue weighted by Gasteiger charge is -2.12. The van der Waals surface area contributed by atoms with Crippen LogP contribution in [0.25, 0.3) is 0 Å². The molecule has 0 unspecified atom stereocenters. The minimum atomic E-state index is -4.02. The minimum absolute atomic E-state index is 0.0493. The van der Waals surface area contributed by atoms with Gasteiger partial charge in [-0.2, -0.15) is 8.78 Å². The number of halogens is 4. The minimum Gasteiger partial charge on any atom is -0.493 e. The highest BCUT2D eigenvalue weighted by Gasteiger charge is 2.21. The lowest BCUT2D eigenvalue weighted by atomic mass is 10.2. The number of carbonyl (C=O) groups is 1. The number of carbonyl (C=O) groups excluding carboxylic acids is 1. The van der Waals surface area contributed by atoms with Crippen LogP contribution in [0.5, 0.6) is 11.5 Å². The summed E-state index contributed by atoms with van der Waals surface area (Å²) in [7, 11) is -2.74. The lowest BCUT2D eigenvalue weighted by molar-refractivity contribution is -0.144. The van der Waals surface area contributed by atoms with E-state index in [2.05, 4.69) is 9.46 Å². The average Bonchev–Trinajstić information content (AvgIpc) is 2.66. The largest absolute Gasteiger partial charge is 0.493 e. The van der Waals surface area contributed by atoms with Crippen molar-refractivity contribution >= 4 is 39.2 Å². The molecule has 1 N–H and O–H groups in total. The normalized spacial score (nSPS) is 11.4. The fraction of sp³-hybridized carbons (Fsp3) is 0.278. The van der Waals surface area contributed by atoms with Crippen molar-refractivity contribution in [2.45, 2.75) is 24.5 Å². The number of benzene rings is 2. The molecule has 7 nitrogen and oxygen atoms in total. The predicted molar refractivity (Wildman–Crippen MR) is 106 cm³/mol. The number of rotatable bonds is 10. The van der Waals surface area contributed by atoms with Crippen molar-refractivity contribution in [2.24, 2.45) is 0 Å². The van der Waals surface area contributed by atoms with Crippen molar-refractivity contribution in [2.75, 3.05) is 13.7 Å². The van der Waals surface area contributed by atoms with Crippen LogP contribution in [0.1, 0.15) is 12.0 Å². The van der Waals surface area contributed by atoms with Gasteiger partial charge in [-0.05, 0) is 29.8 Å². The molecule has 0 aliphatic rings. The van der Waals surface area contributed by atoms with Crippen molar-refractivity contribution in [1.82, 2.24) is 4.72 Å². The van der Waals surface area contributed by atoms with Crippen molar-refractivity contribution in [3.8, 4) is 11.5 Å². The Morgan fingerprint density at radius 3 is 2.40 bits per heavy atom. The first-order valence-electron chi connectivity index (χ1n) is 8.35. The van der Waals surface area contributed by atoms with Crippen LogP contribution >= 0.6 is 23.2 Å². The Labute approximate surface area is 181 Å². The van der Waals surface area contributed by atoms with Crippen LogP contribution in [0.15, 0.2) is 41.3 Å². The van der Waals surface area contributed by atoms with Crippen LogP contribution in [0.4, 0.5) is 8.78 Å². The Kier molecular flexibility index (Phi) is 8.65. The van der Waals surface area contributed by atoms with Crippen molar-refractivity contribution < 1.29 is 36.2 Å². The summed E-state index contributed by atoms with van der Waals surface area (Å²) in [5.74, 6) is -0.793. The SMILES string of the molecule is COc1cc(COC(=O)CCNS(=O)(=O)c2c(Cl)cccc2Cl)ccc1OC(F)F. The molecule has 0 atom stereocenters. The second-order valence-corrected chi connectivity index (χ2v) is 8.24. The Bertz CT molecular complexity index is 984. The van der Waals surface area contributed by atoms with Crippen LogP contribution in [-0.2, 0) is 26.2 Å². The van der Waals surface area contributed by atoms with E-state index >= 15 is 0 Å². The maximum Gasteiger partial charge on any atom is 0.387 e. The number of esters is 1. The standard InChI is InChI=1S/C18H17Cl2F2NO6S/c1-27-15-9-11(5-6-14(15)29-18(21)22)10-28-16(24)7-8-23-30(25,26)17-12(19)3-2-4-13(17)20/h2-6,9,18,23H,7-8,10H2,1H3. The summed E-state index contributed by atoms with van der Waals surface area (Å²) >= 11 is 11.8. The summed E-state index contributed by atoms with van der Waals surface area (Å²) in [6.45, 7) is -3.42. The molecule has 2 rings (SSSR count). The highest BCUT2D eigenvalue weighted by molar-refractivity contribution is 7.89. The maximum absolute atomic E-state index is 12.3. The quantitative estimate of drug-likeness (QED) is 0.513. The molecule has 0 saturated carbocycles. The third kappa shape index (κ3) is 6.69. The monoisotopic (exact) mass is 483 g/mol. The van der Waals surface area contributed by atoms with Gasteiger partial charge in [0.2, 0.25) is 10.0 Å². The first kappa shape index (κ1) is 24.1. The van der Waals surface area contributed by atoms with Gasteiger partial charge in [-0.3, -0.25) is 4.79 Å². The summed E-state index contributed by atoms with van der Waals surface area (Å²) < 4.78 is 65.8. The van der Waals surface area contributed by atoms with Crippen molar-refractivity contribution in [1.29, 1.82) is 0 Å². The van der Waals surface area contributed by atoms with Crippen molar-refractivity contribution in [3.05, 3.63) is 52.0 Å². The molecule has 0 bridgehead atoms. The predicted octanol–water partition coefficient (Wildman–Crippen LogP) is 4.02. The van der Waals surface area contributed by atoms with Gasteiger partial charge in [0, 0.05) is 6.54 Å². The molecule has 0 aliphatic heterocycles. The number of hydrogen-bond acceptors (Lipinski definition) is 6. The molecule has 0 aromatic heterocycles. The van der Waals surface area contributed by atoms with Crippen LogP contribution in [0.3, 0.4) is 0 Å². The van der Waals surface area contributed by atoms with Gasteiger partial charge in [0.05, 0.1) is 23.6 Å². The van der Waals surface area contributed by atoms with Gasteiger partial charge in [0.15, 0.2) is 11.5 Å². The van der Waals surface area contributed by atoms with E-state index in [1.807, 2.05) is 0 Å². The molecule has 0 radical (unpaired) electrons. The van der Waals surface area contributed by atoms with E-state index < -0.39 is 22.6 Å². The van der Waals surface area contributed by atoms with Crippen LogP contribution in [0.2, 0.25) is 10.0 Å². The van der Waals surface area contributed by atoms with E-state index in [-0.39, 0.29) is 46.0 Å². The first-order valence-corrected chi connectivity index (χ1v) is 10.6. The highest BCUT2D eigenvalue weighted by Crippen LogP contribution is 2.30. The maximum atomic E-state index is 12.3. The molecule has 0 aliphatic carbocycles. The Hall–Kier alpha value is -2.14. The molecule has 0 fully saturated rings. The molecule has 0 saturated heterocycles. The van der Waals surface area contributed by atoms with Gasteiger partial charge in [0.1, 0.15) is 11.5 Å².